The number of ether oxygens (including phenoxy) is 1. The molecule has 150 valence electrons. The van der Waals surface area contributed by atoms with Gasteiger partial charge < -0.3 is 10.1 Å². The zero-order valence-electron chi connectivity index (χ0n) is 15.0. The summed E-state index contributed by atoms with van der Waals surface area (Å²) in [4.78, 5) is 10.4. The minimum Gasteiger partial charge on any atom is -0.384 e. The first-order valence-electron chi connectivity index (χ1n) is 8.72. The van der Waals surface area contributed by atoms with E-state index in [0.717, 1.165) is 11.6 Å². The zero-order chi connectivity index (χ0) is 20.1. The summed E-state index contributed by atoms with van der Waals surface area (Å²) >= 11 is 5.88. The third-order valence-corrected chi connectivity index (χ3v) is 6.60. The second-order valence-electron chi connectivity index (χ2n) is 6.26. The predicted molar refractivity (Wildman–Crippen MR) is 106 cm³/mol. The Balaban J connectivity index is 1.83. The van der Waals surface area contributed by atoms with E-state index in [-0.39, 0.29) is 23.7 Å². The molecule has 28 heavy (non-hydrogen) atoms. The number of hydrogen-bond acceptors (Lipinski definition) is 6. The number of sulfonamides is 1. The summed E-state index contributed by atoms with van der Waals surface area (Å²) in [5, 5.41) is 14.9. The molecule has 0 aliphatic carbocycles. The van der Waals surface area contributed by atoms with Crippen molar-refractivity contribution in [2.75, 3.05) is 38.2 Å². The van der Waals surface area contributed by atoms with Crippen LogP contribution in [0, 0.1) is 10.1 Å². The minimum absolute atomic E-state index is 0.0975. The van der Waals surface area contributed by atoms with Crippen molar-refractivity contribution in [1.82, 2.24) is 4.31 Å². The summed E-state index contributed by atoms with van der Waals surface area (Å²) in [7, 11) is -3.88. The van der Waals surface area contributed by atoms with Crippen LogP contribution < -0.4 is 5.32 Å². The van der Waals surface area contributed by atoms with Crippen LogP contribution in [0.1, 0.15) is 5.56 Å². The van der Waals surface area contributed by atoms with E-state index in [4.69, 9.17) is 16.3 Å². The Bertz CT molecular complexity index is 944. The fraction of sp³-hybridized carbons (Fsp3) is 0.333. The highest BCUT2D eigenvalue weighted by Gasteiger charge is 2.30. The summed E-state index contributed by atoms with van der Waals surface area (Å²) in [6.45, 7) is 1.50. The standard InChI is InChI=1S/C18H20ClN3O5S/c19-15-3-1-14(2-4-15)7-8-20-17-6-5-16(22(23)24)13-18(17)28(25,26)21-9-11-27-12-10-21/h1-6,13,20H,7-12H2. The van der Waals surface area contributed by atoms with Crippen LogP contribution >= 0.6 is 11.6 Å². The third kappa shape index (κ3) is 4.79. The summed E-state index contributed by atoms with van der Waals surface area (Å²) in [5.74, 6) is 0. The number of nitrogens with one attached hydrogen (secondary N) is 1. The van der Waals surface area contributed by atoms with Gasteiger partial charge in [0.15, 0.2) is 0 Å². The van der Waals surface area contributed by atoms with Gasteiger partial charge in [-0.25, -0.2) is 8.42 Å². The number of non-ortho nitro benzene ring substituents is 1. The van der Waals surface area contributed by atoms with Crippen molar-refractivity contribution in [2.45, 2.75) is 11.3 Å². The van der Waals surface area contributed by atoms with Crippen molar-refractivity contribution in [3.63, 3.8) is 0 Å². The normalized spacial score (nSPS) is 15.3. The number of morpholine rings is 1. The second kappa shape index (κ2) is 8.87. The first-order chi connectivity index (χ1) is 13.4. The number of benzene rings is 2. The van der Waals surface area contributed by atoms with Gasteiger partial charge in [0, 0.05) is 36.8 Å². The van der Waals surface area contributed by atoms with E-state index in [9.17, 15) is 18.5 Å². The van der Waals surface area contributed by atoms with Gasteiger partial charge in [0.2, 0.25) is 10.0 Å². The molecule has 2 aromatic carbocycles. The fourth-order valence-electron chi connectivity index (χ4n) is 2.90. The second-order valence-corrected chi connectivity index (χ2v) is 8.60. The van der Waals surface area contributed by atoms with Crippen LogP contribution in [0.3, 0.4) is 0 Å². The first-order valence-corrected chi connectivity index (χ1v) is 10.5. The molecule has 0 spiro atoms. The SMILES string of the molecule is O=[N+]([O-])c1ccc(NCCc2ccc(Cl)cc2)c(S(=O)(=O)N2CCOCC2)c1. The molecule has 1 heterocycles. The first kappa shape index (κ1) is 20.5. The lowest BCUT2D eigenvalue weighted by Crippen LogP contribution is -2.40. The molecule has 2 aromatic rings. The van der Waals surface area contributed by atoms with Crippen LogP contribution in [0.4, 0.5) is 11.4 Å². The van der Waals surface area contributed by atoms with E-state index in [2.05, 4.69) is 5.32 Å². The Morgan fingerprint density at radius 2 is 1.82 bits per heavy atom. The Labute approximate surface area is 168 Å². The molecule has 0 aromatic heterocycles. The van der Waals surface area contributed by atoms with Crippen molar-refractivity contribution in [2.24, 2.45) is 0 Å². The van der Waals surface area contributed by atoms with E-state index >= 15 is 0 Å². The Hall–Kier alpha value is -2.20. The number of anilines is 1. The molecule has 0 radical (unpaired) electrons. The summed E-state index contributed by atoms with van der Waals surface area (Å²) in [5.41, 5.74) is 1.11. The maximum absolute atomic E-state index is 13.0. The maximum Gasteiger partial charge on any atom is 0.270 e. The number of nitro benzene ring substituents is 1. The van der Waals surface area contributed by atoms with Gasteiger partial charge in [0.25, 0.3) is 5.69 Å². The maximum atomic E-state index is 13.0. The van der Waals surface area contributed by atoms with Crippen molar-refractivity contribution in [3.8, 4) is 0 Å². The van der Waals surface area contributed by atoms with E-state index in [0.29, 0.717) is 36.9 Å². The lowest BCUT2D eigenvalue weighted by molar-refractivity contribution is -0.385. The lowest BCUT2D eigenvalue weighted by Gasteiger charge is -2.27. The number of nitro groups is 1. The van der Waals surface area contributed by atoms with Crippen LogP contribution in [-0.2, 0) is 21.2 Å². The number of nitrogens with zero attached hydrogens (tertiary/aromatic N) is 2. The van der Waals surface area contributed by atoms with E-state index in [1.807, 2.05) is 12.1 Å². The molecular weight excluding hydrogens is 406 g/mol. The molecule has 0 unspecified atom stereocenters. The fourth-order valence-corrected chi connectivity index (χ4v) is 4.62. The molecule has 0 amide bonds. The van der Waals surface area contributed by atoms with Gasteiger partial charge in [-0.1, -0.05) is 23.7 Å². The quantitative estimate of drug-likeness (QED) is 0.540. The zero-order valence-corrected chi connectivity index (χ0v) is 16.6. The van der Waals surface area contributed by atoms with Gasteiger partial charge in [-0.05, 0) is 30.2 Å². The van der Waals surface area contributed by atoms with Gasteiger partial charge in [-0.3, -0.25) is 10.1 Å². The van der Waals surface area contributed by atoms with Gasteiger partial charge in [0.05, 0.1) is 23.8 Å². The molecule has 1 aliphatic rings. The predicted octanol–water partition coefficient (Wildman–Crippen LogP) is 2.92. The molecule has 1 N–H and O–H groups in total. The minimum atomic E-state index is -3.88. The van der Waals surface area contributed by atoms with E-state index in [1.54, 1.807) is 12.1 Å². The smallest absolute Gasteiger partial charge is 0.270 e. The Morgan fingerprint density at radius 1 is 1.14 bits per heavy atom. The average Bonchev–Trinajstić information content (AvgIpc) is 2.70. The van der Waals surface area contributed by atoms with Gasteiger partial charge >= 0.3 is 0 Å². The molecule has 0 saturated carbocycles. The topological polar surface area (TPSA) is 102 Å². The molecule has 1 fully saturated rings. The highest BCUT2D eigenvalue weighted by atomic mass is 35.5. The summed E-state index contributed by atoms with van der Waals surface area (Å²) in [6, 6.07) is 11.2. The molecule has 3 rings (SSSR count). The van der Waals surface area contributed by atoms with Gasteiger partial charge in [-0.2, -0.15) is 4.31 Å². The number of hydrogen-bond donors (Lipinski definition) is 1. The molecular formula is C18H20ClN3O5S. The van der Waals surface area contributed by atoms with Gasteiger partial charge in [0.1, 0.15) is 4.90 Å². The molecule has 1 saturated heterocycles. The lowest BCUT2D eigenvalue weighted by atomic mass is 10.1. The molecule has 0 atom stereocenters. The molecule has 1 aliphatic heterocycles. The summed E-state index contributed by atoms with van der Waals surface area (Å²) < 4.78 is 32.6. The largest absolute Gasteiger partial charge is 0.384 e. The monoisotopic (exact) mass is 425 g/mol. The van der Waals surface area contributed by atoms with Crippen LogP contribution in [0.25, 0.3) is 0 Å². The van der Waals surface area contributed by atoms with Crippen LogP contribution in [0.5, 0.6) is 0 Å². The van der Waals surface area contributed by atoms with E-state index in [1.165, 1.54) is 16.4 Å². The number of halogens is 1. The van der Waals surface area contributed by atoms with Crippen LogP contribution in [0.2, 0.25) is 5.02 Å². The van der Waals surface area contributed by atoms with Gasteiger partial charge in [-0.15, -0.1) is 0 Å². The van der Waals surface area contributed by atoms with Crippen LogP contribution in [-0.4, -0.2) is 50.5 Å². The number of rotatable bonds is 7. The highest BCUT2D eigenvalue weighted by Crippen LogP contribution is 2.29. The molecule has 10 heteroatoms. The molecule has 0 bridgehead atoms. The average molecular weight is 426 g/mol. The molecule has 8 nitrogen and oxygen atoms in total. The van der Waals surface area contributed by atoms with Crippen LogP contribution in [0.15, 0.2) is 47.4 Å². The van der Waals surface area contributed by atoms with Crippen molar-refractivity contribution < 1.29 is 18.1 Å². The Kier molecular flexibility index (Phi) is 6.50. The van der Waals surface area contributed by atoms with Crippen molar-refractivity contribution in [3.05, 3.63) is 63.2 Å². The van der Waals surface area contributed by atoms with Crippen molar-refractivity contribution >= 4 is 33.0 Å². The Morgan fingerprint density at radius 3 is 2.46 bits per heavy atom. The summed E-state index contributed by atoms with van der Waals surface area (Å²) in [6.07, 6.45) is 0.644. The third-order valence-electron chi connectivity index (χ3n) is 4.41. The van der Waals surface area contributed by atoms with E-state index < -0.39 is 14.9 Å². The highest BCUT2D eigenvalue weighted by molar-refractivity contribution is 7.89. The van der Waals surface area contributed by atoms with Crippen molar-refractivity contribution in [1.29, 1.82) is 0 Å².